The second-order valence-electron chi connectivity index (χ2n) is 6.76. The molecule has 0 fully saturated rings. The number of halogens is 2. The molecule has 0 aliphatic carbocycles. The van der Waals surface area contributed by atoms with Gasteiger partial charge >= 0.3 is 0 Å². The Kier molecular flexibility index (Phi) is 7.34. The van der Waals surface area contributed by atoms with Crippen molar-refractivity contribution >= 4 is 33.4 Å². The first-order chi connectivity index (χ1) is 13.9. The molecule has 1 N–H and O–H groups in total. The Labute approximate surface area is 184 Å². The van der Waals surface area contributed by atoms with E-state index < -0.39 is 0 Å². The van der Waals surface area contributed by atoms with Gasteiger partial charge in [0.2, 0.25) is 0 Å². The highest BCUT2D eigenvalue weighted by Crippen LogP contribution is 2.20. The average molecular weight is 477 g/mol. The summed E-state index contributed by atoms with van der Waals surface area (Å²) in [5.41, 5.74) is 3.71. The van der Waals surface area contributed by atoms with Crippen molar-refractivity contribution in [3.8, 4) is 5.75 Å². The van der Waals surface area contributed by atoms with Crippen molar-refractivity contribution in [3.63, 3.8) is 0 Å². The van der Waals surface area contributed by atoms with Crippen LogP contribution in [0.25, 0.3) is 0 Å². The van der Waals surface area contributed by atoms with Crippen molar-refractivity contribution in [2.24, 2.45) is 0 Å². The molecule has 1 heterocycles. The molecule has 0 spiro atoms. The third kappa shape index (κ3) is 5.84. The third-order valence-corrected chi connectivity index (χ3v) is 5.96. The van der Waals surface area contributed by atoms with Crippen LogP contribution in [0.2, 0.25) is 5.02 Å². The van der Waals surface area contributed by atoms with Gasteiger partial charge in [-0.15, -0.1) is 0 Å². The van der Waals surface area contributed by atoms with Gasteiger partial charge < -0.3 is 10.1 Å². The first-order valence-corrected chi connectivity index (χ1v) is 10.6. The highest BCUT2D eigenvalue weighted by Gasteiger charge is 2.09. The van der Waals surface area contributed by atoms with Crippen LogP contribution in [0, 0.1) is 13.8 Å². The van der Waals surface area contributed by atoms with Crippen LogP contribution in [0.5, 0.6) is 5.75 Å². The lowest BCUT2D eigenvalue weighted by Gasteiger charge is -2.09. The van der Waals surface area contributed by atoms with Gasteiger partial charge in [-0.1, -0.05) is 23.7 Å². The van der Waals surface area contributed by atoms with E-state index in [1.54, 1.807) is 12.1 Å². The van der Waals surface area contributed by atoms with Gasteiger partial charge in [-0.05, 0) is 78.2 Å². The minimum absolute atomic E-state index is 0.0790. The van der Waals surface area contributed by atoms with E-state index in [-0.39, 0.29) is 5.91 Å². The average Bonchev–Trinajstić information content (AvgIpc) is 2.97. The number of ether oxygens (including phenoxy) is 1. The minimum Gasteiger partial charge on any atom is -0.489 e. The number of rotatable bonds is 8. The fraction of sp³-hybridized carbons (Fsp3) is 0.273. The highest BCUT2D eigenvalue weighted by atomic mass is 79.9. The number of carbonyl (C=O) groups excluding carboxylic acids is 1. The molecule has 0 aliphatic heterocycles. The summed E-state index contributed by atoms with van der Waals surface area (Å²) >= 11 is 9.40. The number of benzene rings is 2. The van der Waals surface area contributed by atoms with E-state index >= 15 is 0 Å². The number of nitrogens with zero attached hydrogens (tertiary/aromatic N) is 2. The Bertz CT molecular complexity index is 969. The fourth-order valence-corrected chi connectivity index (χ4v) is 3.29. The number of aryl methyl sites for hydroxylation is 2. The smallest absolute Gasteiger partial charge is 0.251 e. The summed E-state index contributed by atoms with van der Waals surface area (Å²) in [5, 5.41) is 8.11. The maximum absolute atomic E-state index is 12.3. The molecule has 1 aromatic heterocycles. The topological polar surface area (TPSA) is 56.2 Å². The summed E-state index contributed by atoms with van der Waals surface area (Å²) in [6.45, 7) is 5.79. The summed E-state index contributed by atoms with van der Waals surface area (Å²) in [4.78, 5) is 12.3. The first-order valence-electron chi connectivity index (χ1n) is 9.39. The monoisotopic (exact) mass is 475 g/mol. The zero-order chi connectivity index (χ0) is 20.8. The minimum atomic E-state index is -0.0790. The second-order valence-corrected chi connectivity index (χ2v) is 7.99. The molecular weight excluding hydrogens is 454 g/mol. The third-order valence-electron chi connectivity index (χ3n) is 4.56. The summed E-state index contributed by atoms with van der Waals surface area (Å²) in [5.74, 6) is 0.676. The SMILES string of the molecule is Cc1nn(CCCNC(=O)c2ccc(COc3ccc(Cl)cc3)cc2)c(C)c1Br. The van der Waals surface area contributed by atoms with Gasteiger partial charge in [0.1, 0.15) is 12.4 Å². The number of amides is 1. The van der Waals surface area contributed by atoms with Crippen LogP contribution >= 0.6 is 27.5 Å². The molecule has 0 atom stereocenters. The molecule has 0 radical (unpaired) electrons. The lowest BCUT2D eigenvalue weighted by atomic mass is 10.1. The maximum atomic E-state index is 12.3. The zero-order valence-corrected chi connectivity index (χ0v) is 18.8. The van der Waals surface area contributed by atoms with Crippen LogP contribution in [0.4, 0.5) is 0 Å². The van der Waals surface area contributed by atoms with E-state index in [1.165, 1.54) is 0 Å². The highest BCUT2D eigenvalue weighted by molar-refractivity contribution is 9.10. The van der Waals surface area contributed by atoms with Crippen molar-refractivity contribution in [2.75, 3.05) is 6.54 Å². The predicted molar refractivity (Wildman–Crippen MR) is 119 cm³/mol. The maximum Gasteiger partial charge on any atom is 0.251 e. The molecule has 0 unspecified atom stereocenters. The van der Waals surface area contributed by atoms with Gasteiger partial charge in [-0.25, -0.2) is 0 Å². The van der Waals surface area contributed by atoms with Gasteiger partial charge in [0.05, 0.1) is 10.2 Å². The number of carbonyl (C=O) groups is 1. The van der Waals surface area contributed by atoms with Gasteiger partial charge in [0.25, 0.3) is 5.91 Å². The summed E-state index contributed by atoms with van der Waals surface area (Å²) in [6, 6.07) is 14.7. The molecule has 1 amide bonds. The Morgan fingerprint density at radius 2 is 1.83 bits per heavy atom. The van der Waals surface area contributed by atoms with Crippen LogP contribution in [0.15, 0.2) is 53.0 Å². The van der Waals surface area contributed by atoms with E-state index in [9.17, 15) is 4.79 Å². The summed E-state index contributed by atoms with van der Waals surface area (Å²) in [6.07, 6.45) is 0.813. The van der Waals surface area contributed by atoms with Crippen molar-refractivity contribution in [1.29, 1.82) is 0 Å². The van der Waals surface area contributed by atoms with Crippen molar-refractivity contribution in [1.82, 2.24) is 15.1 Å². The van der Waals surface area contributed by atoms with Crippen LogP contribution in [-0.4, -0.2) is 22.2 Å². The largest absolute Gasteiger partial charge is 0.489 e. The molecule has 29 heavy (non-hydrogen) atoms. The Balaban J connectivity index is 1.43. The standard InChI is InChI=1S/C22H23BrClN3O2/c1-15-21(23)16(2)27(26-15)13-3-12-25-22(28)18-6-4-17(5-7-18)14-29-20-10-8-19(24)9-11-20/h4-11H,3,12-14H2,1-2H3,(H,25,28). The molecule has 0 aliphatic rings. The Hall–Kier alpha value is -2.31. The normalized spacial score (nSPS) is 10.8. The van der Waals surface area contributed by atoms with Crippen molar-refractivity contribution in [3.05, 3.63) is 80.5 Å². The summed E-state index contributed by atoms with van der Waals surface area (Å²) in [7, 11) is 0. The van der Waals surface area contributed by atoms with Crippen LogP contribution in [-0.2, 0) is 13.2 Å². The number of aromatic nitrogens is 2. The van der Waals surface area contributed by atoms with E-state index in [0.29, 0.717) is 23.7 Å². The molecule has 3 rings (SSSR count). The predicted octanol–water partition coefficient (Wildman–Crippen LogP) is 5.31. The van der Waals surface area contributed by atoms with Gasteiger partial charge in [-0.3, -0.25) is 9.48 Å². The van der Waals surface area contributed by atoms with E-state index in [2.05, 4.69) is 26.3 Å². The fourth-order valence-electron chi connectivity index (χ4n) is 2.88. The number of hydrogen-bond donors (Lipinski definition) is 1. The molecular formula is C22H23BrClN3O2. The Morgan fingerprint density at radius 3 is 2.45 bits per heavy atom. The molecule has 2 aromatic carbocycles. The van der Waals surface area contributed by atoms with Crippen molar-refractivity contribution in [2.45, 2.75) is 33.4 Å². The second kappa shape index (κ2) is 9.94. The summed E-state index contributed by atoms with van der Waals surface area (Å²) < 4.78 is 8.72. The molecule has 0 bridgehead atoms. The lowest BCUT2D eigenvalue weighted by molar-refractivity contribution is 0.0952. The Morgan fingerprint density at radius 1 is 1.14 bits per heavy atom. The molecule has 7 heteroatoms. The first kappa shape index (κ1) is 21.4. The van der Waals surface area contributed by atoms with E-state index in [1.807, 2.05) is 54.9 Å². The van der Waals surface area contributed by atoms with Crippen LogP contribution in [0.1, 0.15) is 33.7 Å². The van der Waals surface area contributed by atoms with Crippen LogP contribution < -0.4 is 10.1 Å². The molecule has 5 nitrogen and oxygen atoms in total. The van der Waals surface area contributed by atoms with Crippen LogP contribution in [0.3, 0.4) is 0 Å². The molecule has 3 aromatic rings. The van der Waals surface area contributed by atoms with Gasteiger partial charge in [-0.2, -0.15) is 5.10 Å². The zero-order valence-electron chi connectivity index (χ0n) is 16.4. The molecule has 0 saturated carbocycles. The lowest BCUT2D eigenvalue weighted by Crippen LogP contribution is -2.25. The number of nitrogens with one attached hydrogen (secondary N) is 1. The number of hydrogen-bond acceptors (Lipinski definition) is 3. The molecule has 152 valence electrons. The van der Waals surface area contributed by atoms with E-state index in [4.69, 9.17) is 16.3 Å². The van der Waals surface area contributed by atoms with Gasteiger partial charge in [0.15, 0.2) is 0 Å². The van der Waals surface area contributed by atoms with Crippen molar-refractivity contribution < 1.29 is 9.53 Å². The molecule has 0 saturated heterocycles. The van der Waals surface area contributed by atoms with Gasteiger partial charge in [0, 0.05) is 29.4 Å². The quantitative estimate of drug-likeness (QED) is 0.448. The van der Waals surface area contributed by atoms with E-state index in [0.717, 1.165) is 40.1 Å².